The normalized spacial score (nSPS) is 26.7. The Bertz CT molecular complexity index is 246. The first-order valence-electron chi connectivity index (χ1n) is 4.78. The Balaban J connectivity index is 2.60. The van der Waals surface area contributed by atoms with Crippen LogP contribution in [0.1, 0.15) is 13.3 Å². The number of carbonyl (C=O) groups is 1. The maximum atomic E-state index is 12.1. The minimum atomic E-state index is -4.33. The van der Waals surface area contributed by atoms with Crippen LogP contribution in [0.25, 0.3) is 0 Å². The van der Waals surface area contributed by atoms with Crippen LogP contribution in [0.5, 0.6) is 0 Å². The number of hydrogen-bond acceptors (Lipinski definition) is 2. The predicted molar refractivity (Wildman–Crippen MR) is 49.3 cm³/mol. The van der Waals surface area contributed by atoms with E-state index in [2.05, 4.69) is 5.32 Å². The second-order valence-electron chi connectivity index (χ2n) is 4.26. The predicted octanol–water partition coefficient (Wildman–Crippen LogP) is 1.01. The van der Waals surface area contributed by atoms with Gasteiger partial charge in [-0.05, 0) is 19.9 Å². The highest BCUT2D eigenvalue weighted by atomic mass is 19.4. The molecule has 1 aliphatic heterocycles. The second-order valence-corrected chi connectivity index (χ2v) is 4.26. The molecule has 1 fully saturated rings. The van der Waals surface area contributed by atoms with E-state index in [0.29, 0.717) is 19.5 Å². The zero-order chi connectivity index (χ0) is 11.7. The van der Waals surface area contributed by atoms with Crippen LogP contribution in [0.2, 0.25) is 0 Å². The fourth-order valence-electron chi connectivity index (χ4n) is 1.80. The van der Waals surface area contributed by atoms with Gasteiger partial charge in [0.25, 0.3) is 0 Å². The molecule has 0 aromatic heterocycles. The van der Waals surface area contributed by atoms with Gasteiger partial charge in [-0.25, -0.2) is 0 Å². The molecule has 0 spiro atoms. The van der Waals surface area contributed by atoms with E-state index in [1.54, 1.807) is 6.92 Å². The van der Waals surface area contributed by atoms with Crippen LogP contribution in [0.15, 0.2) is 0 Å². The Morgan fingerprint density at radius 1 is 1.53 bits per heavy atom. The molecule has 1 unspecified atom stereocenters. The molecule has 1 heterocycles. The van der Waals surface area contributed by atoms with Crippen molar-refractivity contribution in [2.24, 2.45) is 5.41 Å². The molecule has 0 bridgehead atoms. The van der Waals surface area contributed by atoms with Crippen molar-refractivity contribution in [3.05, 3.63) is 0 Å². The molecule has 0 aliphatic carbocycles. The lowest BCUT2D eigenvalue weighted by Crippen LogP contribution is -2.45. The highest BCUT2D eigenvalue weighted by molar-refractivity contribution is 5.82. The maximum absolute atomic E-state index is 12.1. The standard InChI is InChI=1S/C9H15F3N2O/c1-8(3-4-13-5-8)7(15)14(2)6-9(10,11)12/h13H,3-6H2,1-2H3. The first-order valence-corrected chi connectivity index (χ1v) is 4.78. The Hall–Kier alpha value is -0.780. The van der Waals surface area contributed by atoms with E-state index in [4.69, 9.17) is 0 Å². The molecule has 88 valence electrons. The van der Waals surface area contributed by atoms with Crippen LogP contribution >= 0.6 is 0 Å². The molecule has 0 aromatic carbocycles. The van der Waals surface area contributed by atoms with Gasteiger partial charge in [-0.1, -0.05) is 0 Å². The Labute approximate surface area is 86.6 Å². The largest absolute Gasteiger partial charge is 0.406 e. The van der Waals surface area contributed by atoms with Crippen molar-refractivity contribution < 1.29 is 18.0 Å². The lowest BCUT2D eigenvalue weighted by atomic mass is 9.88. The second kappa shape index (κ2) is 4.00. The number of amides is 1. The van der Waals surface area contributed by atoms with Crippen molar-refractivity contribution in [2.45, 2.75) is 19.5 Å². The Morgan fingerprint density at radius 3 is 2.53 bits per heavy atom. The summed E-state index contributed by atoms with van der Waals surface area (Å²) in [6.45, 7) is 1.65. The van der Waals surface area contributed by atoms with Crippen molar-refractivity contribution in [2.75, 3.05) is 26.7 Å². The zero-order valence-corrected chi connectivity index (χ0v) is 8.82. The topological polar surface area (TPSA) is 32.3 Å². The van der Waals surface area contributed by atoms with Gasteiger partial charge in [-0.2, -0.15) is 13.2 Å². The third-order valence-electron chi connectivity index (χ3n) is 2.65. The van der Waals surface area contributed by atoms with E-state index in [0.717, 1.165) is 4.90 Å². The van der Waals surface area contributed by atoms with E-state index in [-0.39, 0.29) is 0 Å². The molecular weight excluding hydrogens is 209 g/mol. The van der Waals surface area contributed by atoms with Crippen LogP contribution in [0.4, 0.5) is 13.2 Å². The highest BCUT2D eigenvalue weighted by Crippen LogP contribution is 2.28. The van der Waals surface area contributed by atoms with Crippen LogP contribution in [-0.2, 0) is 4.79 Å². The molecule has 0 saturated carbocycles. The van der Waals surface area contributed by atoms with Crippen LogP contribution in [0, 0.1) is 5.41 Å². The molecule has 1 amide bonds. The number of rotatable bonds is 2. The smallest absolute Gasteiger partial charge is 0.336 e. The lowest BCUT2D eigenvalue weighted by Gasteiger charge is -2.28. The first-order chi connectivity index (χ1) is 6.75. The van der Waals surface area contributed by atoms with Gasteiger partial charge in [0.15, 0.2) is 0 Å². The summed E-state index contributed by atoms with van der Waals surface area (Å²) in [5.41, 5.74) is -0.681. The summed E-state index contributed by atoms with van der Waals surface area (Å²) < 4.78 is 36.2. The highest BCUT2D eigenvalue weighted by Gasteiger charge is 2.41. The molecular formula is C9H15F3N2O. The average molecular weight is 224 g/mol. The van der Waals surface area contributed by atoms with Gasteiger partial charge in [-0.3, -0.25) is 4.79 Å². The monoisotopic (exact) mass is 224 g/mol. The molecule has 1 aliphatic rings. The third-order valence-corrected chi connectivity index (χ3v) is 2.65. The molecule has 1 saturated heterocycles. The van der Waals surface area contributed by atoms with Gasteiger partial charge in [-0.15, -0.1) is 0 Å². The van der Waals surface area contributed by atoms with Gasteiger partial charge in [0.1, 0.15) is 6.54 Å². The number of carbonyl (C=O) groups excluding carboxylic acids is 1. The van der Waals surface area contributed by atoms with Crippen molar-refractivity contribution >= 4 is 5.91 Å². The average Bonchev–Trinajstić information content (AvgIpc) is 2.49. The van der Waals surface area contributed by atoms with E-state index < -0.39 is 24.0 Å². The molecule has 6 heteroatoms. The number of hydrogen-bond donors (Lipinski definition) is 1. The van der Waals surface area contributed by atoms with Crippen molar-refractivity contribution in [1.29, 1.82) is 0 Å². The SMILES string of the molecule is CN(CC(F)(F)F)C(=O)C1(C)CCNC1. The summed E-state index contributed by atoms with van der Waals surface area (Å²) >= 11 is 0. The lowest BCUT2D eigenvalue weighted by molar-refractivity contribution is -0.163. The van der Waals surface area contributed by atoms with Crippen LogP contribution in [0.3, 0.4) is 0 Å². The fraction of sp³-hybridized carbons (Fsp3) is 0.889. The summed E-state index contributed by atoms with van der Waals surface area (Å²) in [7, 11) is 1.19. The minimum absolute atomic E-state index is 0.440. The van der Waals surface area contributed by atoms with Crippen molar-refractivity contribution in [1.82, 2.24) is 10.2 Å². The number of nitrogens with one attached hydrogen (secondary N) is 1. The summed E-state index contributed by atoms with van der Waals surface area (Å²) in [5, 5.41) is 2.98. The van der Waals surface area contributed by atoms with Gasteiger partial charge in [0.2, 0.25) is 5.91 Å². The minimum Gasteiger partial charge on any atom is -0.336 e. The molecule has 0 radical (unpaired) electrons. The molecule has 0 aromatic rings. The maximum Gasteiger partial charge on any atom is 0.406 e. The van der Waals surface area contributed by atoms with Crippen LogP contribution in [-0.4, -0.2) is 43.7 Å². The van der Waals surface area contributed by atoms with E-state index in [1.165, 1.54) is 7.05 Å². The summed E-state index contributed by atoms with van der Waals surface area (Å²) in [4.78, 5) is 12.5. The quantitative estimate of drug-likeness (QED) is 0.759. The van der Waals surface area contributed by atoms with Crippen molar-refractivity contribution in [3.63, 3.8) is 0 Å². The van der Waals surface area contributed by atoms with Gasteiger partial charge in [0.05, 0.1) is 5.41 Å². The summed E-state index contributed by atoms with van der Waals surface area (Å²) in [6.07, 6.45) is -3.74. The van der Waals surface area contributed by atoms with E-state index in [1.807, 2.05) is 0 Å². The van der Waals surface area contributed by atoms with Gasteiger partial charge < -0.3 is 10.2 Å². The van der Waals surface area contributed by atoms with E-state index in [9.17, 15) is 18.0 Å². The summed E-state index contributed by atoms with van der Waals surface area (Å²) in [5.74, 6) is -0.440. The van der Waals surface area contributed by atoms with E-state index >= 15 is 0 Å². The molecule has 1 atom stereocenters. The molecule has 1 N–H and O–H groups in total. The van der Waals surface area contributed by atoms with Gasteiger partial charge >= 0.3 is 6.18 Å². The first kappa shape index (κ1) is 12.3. The fourth-order valence-corrected chi connectivity index (χ4v) is 1.80. The van der Waals surface area contributed by atoms with Crippen LogP contribution < -0.4 is 5.32 Å². The molecule has 15 heavy (non-hydrogen) atoms. The number of alkyl halides is 3. The molecule has 1 rings (SSSR count). The van der Waals surface area contributed by atoms with Crippen molar-refractivity contribution in [3.8, 4) is 0 Å². The third kappa shape index (κ3) is 3.09. The van der Waals surface area contributed by atoms with Gasteiger partial charge in [0, 0.05) is 13.6 Å². The number of halogens is 3. The number of nitrogens with zero attached hydrogens (tertiary/aromatic N) is 1. The zero-order valence-electron chi connectivity index (χ0n) is 8.82. The molecule has 3 nitrogen and oxygen atoms in total. The Morgan fingerprint density at radius 2 is 2.13 bits per heavy atom. The summed E-state index contributed by atoms with van der Waals surface area (Å²) in [6, 6.07) is 0. The Kier molecular flexibility index (Phi) is 3.28.